The van der Waals surface area contributed by atoms with Gasteiger partial charge in [-0.3, -0.25) is 14.5 Å². The van der Waals surface area contributed by atoms with Crippen molar-refractivity contribution < 1.29 is 24.4 Å². The number of nitrogens with two attached hydrogens (primary N) is 1. The zero-order valence-corrected chi connectivity index (χ0v) is 16.6. The number of quaternary nitrogens is 1. The smallest absolute Gasteiger partial charge is 0.373 e. The fourth-order valence-corrected chi connectivity index (χ4v) is 5.53. The quantitative estimate of drug-likeness (QED) is 0.610. The Kier molecular flexibility index (Phi) is 4.81. The van der Waals surface area contributed by atoms with E-state index in [4.69, 9.17) is 4.74 Å². The molecular formula is C21H23N2O4S+. The first-order chi connectivity index (χ1) is 13.6. The summed E-state index contributed by atoms with van der Waals surface area (Å²) in [4.78, 5) is 42.1. The van der Waals surface area contributed by atoms with E-state index in [0.717, 1.165) is 4.88 Å². The molecule has 0 bridgehead atoms. The maximum Gasteiger partial charge on any atom is 0.373 e. The van der Waals surface area contributed by atoms with Gasteiger partial charge in [0.1, 0.15) is 17.9 Å². The van der Waals surface area contributed by atoms with Gasteiger partial charge in [-0.15, -0.1) is 11.3 Å². The van der Waals surface area contributed by atoms with Crippen molar-refractivity contribution in [2.75, 3.05) is 13.2 Å². The molecular weight excluding hydrogens is 376 g/mol. The topological polar surface area (TPSA) is 80.3 Å². The summed E-state index contributed by atoms with van der Waals surface area (Å²) in [5, 5.41) is 3.84. The van der Waals surface area contributed by atoms with E-state index in [-0.39, 0.29) is 24.5 Å². The van der Waals surface area contributed by atoms with E-state index in [1.165, 1.54) is 16.2 Å². The molecule has 2 amide bonds. The van der Waals surface area contributed by atoms with Crippen molar-refractivity contribution in [2.24, 2.45) is 11.8 Å². The van der Waals surface area contributed by atoms with Crippen LogP contribution in [0.1, 0.15) is 30.3 Å². The van der Waals surface area contributed by atoms with E-state index < -0.39 is 23.3 Å². The number of carbonyl (C=O) groups is 3. The predicted octanol–water partition coefficient (Wildman–Crippen LogP) is 1.45. The Morgan fingerprint density at radius 3 is 2.50 bits per heavy atom. The third kappa shape index (κ3) is 2.53. The number of benzene rings is 1. The van der Waals surface area contributed by atoms with Crippen LogP contribution in [-0.2, 0) is 24.7 Å². The van der Waals surface area contributed by atoms with Crippen LogP contribution < -0.4 is 5.32 Å². The van der Waals surface area contributed by atoms with Crippen LogP contribution >= 0.6 is 11.3 Å². The normalized spacial score (nSPS) is 29.2. The predicted molar refractivity (Wildman–Crippen MR) is 103 cm³/mol. The van der Waals surface area contributed by atoms with Gasteiger partial charge in [-0.05, 0) is 25.3 Å². The first-order valence-electron chi connectivity index (χ1n) is 9.53. The van der Waals surface area contributed by atoms with Gasteiger partial charge in [0, 0.05) is 12.1 Å². The van der Waals surface area contributed by atoms with Crippen LogP contribution in [0.2, 0.25) is 0 Å². The molecule has 28 heavy (non-hydrogen) atoms. The van der Waals surface area contributed by atoms with Crippen molar-refractivity contribution in [3.63, 3.8) is 0 Å². The lowest BCUT2D eigenvalue weighted by molar-refractivity contribution is -0.742. The Morgan fingerprint density at radius 2 is 1.89 bits per heavy atom. The molecule has 0 spiro atoms. The molecule has 4 atom stereocenters. The molecule has 3 heterocycles. The van der Waals surface area contributed by atoms with Gasteiger partial charge < -0.3 is 10.1 Å². The van der Waals surface area contributed by atoms with Crippen LogP contribution in [0.15, 0.2) is 47.8 Å². The van der Waals surface area contributed by atoms with Crippen molar-refractivity contribution in [3.8, 4) is 0 Å². The summed E-state index contributed by atoms with van der Waals surface area (Å²) in [6, 6.07) is 12.8. The lowest BCUT2D eigenvalue weighted by Crippen LogP contribution is -2.96. The molecule has 2 N–H and O–H groups in total. The Labute approximate surface area is 167 Å². The fraction of sp³-hybridized carbons (Fsp3) is 0.381. The van der Waals surface area contributed by atoms with Crippen LogP contribution in [0, 0.1) is 11.8 Å². The molecule has 6 nitrogen and oxygen atoms in total. The SMILES string of the molecule is CCOC(=O)[C@]1(c2ccccc2)[NH2+][C@H](c2cccs2)[C@H]2C(=O)N(CC)C(=O)[C@@H]21. The van der Waals surface area contributed by atoms with Crippen LogP contribution in [0.3, 0.4) is 0 Å². The second-order valence-corrected chi connectivity index (χ2v) is 8.07. The monoisotopic (exact) mass is 399 g/mol. The Bertz CT molecular complexity index is 898. The Balaban J connectivity index is 1.93. The van der Waals surface area contributed by atoms with Crippen molar-refractivity contribution in [3.05, 3.63) is 58.3 Å². The molecule has 7 heteroatoms. The number of rotatable bonds is 5. The van der Waals surface area contributed by atoms with Gasteiger partial charge >= 0.3 is 5.97 Å². The number of amides is 2. The number of imide groups is 1. The van der Waals surface area contributed by atoms with E-state index in [0.29, 0.717) is 12.1 Å². The average Bonchev–Trinajstić information content (AvgIpc) is 3.40. The number of fused-ring (bicyclic) bond motifs is 1. The molecule has 2 aromatic rings. The highest BCUT2D eigenvalue weighted by molar-refractivity contribution is 7.10. The van der Waals surface area contributed by atoms with Gasteiger partial charge in [-0.2, -0.15) is 0 Å². The first kappa shape index (κ1) is 18.8. The fourth-order valence-electron chi connectivity index (χ4n) is 4.69. The second kappa shape index (κ2) is 7.14. The summed E-state index contributed by atoms with van der Waals surface area (Å²) >= 11 is 1.54. The maximum atomic E-state index is 13.3. The molecule has 1 aromatic heterocycles. The number of likely N-dealkylation sites (tertiary alicyclic amines) is 1. The van der Waals surface area contributed by atoms with Crippen molar-refractivity contribution in [1.82, 2.24) is 4.90 Å². The van der Waals surface area contributed by atoms with Crippen molar-refractivity contribution in [1.29, 1.82) is 0 Å². The summed E-state index contributed by atoms with van der Waals surface area (Å²) in [6.07, 6.45) is 0. The third-order valence-corrected chi connectivity index (χ3v) is 6.79. The van der Waals surface area contributed by atoms with E-state index in [1.54, 1.807) is 13.8 Å². The number of esters is 1. The van der Waals surface area contributed by atoms with Gasteiger partial charge in [0.2, 0.25) is 17.4 Å². The van der Waals surface area contributed by atoms with Crippen LogP contribution in [0.5, 0.6) is 0 Å². The summed E-state index contributed by atoms with van der Waals surface area (Å²) in [6.45, 7) is 4.05. The number of carbonyl (C=O) groups excluding carboxylic acids is 3. The number of hydrogen-bond acceptors (Lipinski definition) is 5. The molecule has 0 aliphatic carbocycles. The molecule has 146 valence electrons. The van der Waals surface area contributed by atoms with Gasteiger partial charge in [-0.1, -0.05) is 36.4 Å². The Hall–Kier alpha value is -2.51. The minimum Gasteiger partial charge on any atom is -0.461 e. The lowest BCUT2D eigenvalue weighted by atomic mass is 9.75. The second-order valence-electron chi connectivity index (χ2n) is 7.09. The van der Waals surface area contributed by atoms with Gasteiger partial charge in [0.05, 0.1) is 11.5 Å². The summed E-state index contributed by atoms with van der Waals surface area (Å²) in [5.74, 6) is -2.32. The zero-order valence-electron chi connectivity index (χ0n) is 15.8. The number of thiophene rings is 1. The molecule has 0 saturated carbocycles. The highest BCUT2D eigenvalue weighted by Crippen LogP contribution is 2.49. The first-order valence-corrected chi connectivity index (χ1v) is 10.4. The van der Waals surface area contributed by atoms with Crippen molar-refractivity contribution >= 4 is 29.1 Å². The van der Waals surface area contributed by atoms with Gasteiger partial charge in [0.25, 0.3) is 0 Å². The summed E-state index contributed by atoms with van der Waals surface area (Å²) < 4.78 is 5.46. The van der Waals surface area contributed by atoms with E-state index in [9.17, 15) is 14.4 Å². The molecule has 1 aromatic carbocycles. The van der Waals surface area contributed by atoms with E-state index in [1.807, 2.05) is 53.2 Å². The van der Waals surface area contributed by atoms with Gasteiger partial charge in [-0.25, -0.2) is 4.79 Å². The van der Waals surface area contributed by atoms with Crippen molar-refractivity contribution in [2.45, 2.75) is 25.4 Å². The molecule has 2 saturated heterocycles. The van der Waals surface area contributed by atoms with E-state index >= 15 is 0 Å². The summed E-state index contributed by atoms with van der Waals surface area (Å²) in [5.41, 5.74) is -0.575. The number of hydrogen-bond donors (Lipinski definition) is 1. The largest absolute Gasteiger partial charge is 0.461 e. The van der Waals surface area contributed by atoms with Gasteiger partial charge in [0.15, 0.2) is 0 Å². The van der Waals surface area contributed by atoms with Crippen LogP contribution in [0.25, 0.3) is 0 Å². The number of ether oxygens (including phenoxy) is 1. The minimum absolute atomic E-state index is 0.200. The molecule has 0 unspecified atom stereocenters. The summed E-state index contributed by atoms with van der Waals surface area (Å²) in [7, 11) is 0. The third-order valence-electron chi connectivity index (χ3n) is 5.81. The number of nitrogens with zero attached hydrogens (tertiary/aromatic N) is 1. The minimum atomic E-state index is -1.27. The average molecular weight is 399 g/mol. The molecule has 0 radical (unpaired) electrons. The molecule has 2 aliphatic heterocycles. The van der Waals surface area contributed by atoms with Crippen LogP contribution in [-0.4, -0.2) is 35.8 Å². The van der Waals surface area contributed by atoms with E-state index in [2.05, 4.69) is 0 Å². The maximum absolute atomic E-state index is 13.3. The lowest BCUT2D eigenvalue weighted by Gasteiger charge is -2.29. The standard InChI is InChI=1S/C21H22N2O4S/c1-3-23-18(24)15-16(19(23)25)21(20(26)27-4-2,13-9-6-5-7-10-13)22-17(15)14-11-8-12-28-14/h5-12,15-17,22H,3-4H2,1-2H3/p+1/t15-,16+,17+,21+/m0/s1. The Morgan fingerprint density at radius 1 is 1.14 bits per heavy atom. The molecule has 2 aliphatic rings. The zero-order chi connectivity index (χ0) is 19.9. The molecule has 4 rings (SSSR count). The highest BCUT2D eigenvalue weighted by atomic mass is 32.1. The molecule has 2 fully saturated rings. The highest BCUT2D eigenvalue weighted by Gasteiger charge is 2.73. The van der Waals surface area contributed by atoms with Crippen LogP contribution in [0.4, 0.5) is 0 Å².